The van der Waals surface area contributed by atoms with Crippen molar-refractivity contribution < 1.29 is 22.7 Å². The molecule has 3 nitrogen and oxygen atoms in total. The van der Waals surface area contributed by atoms with Gasteiger partial charge < -0.3 is 10.5 Å². The van der Waals surface area contributed by atoms with Gasteiger partial charge in [-0.1, -0.05) is 0 Å². The minimum absolute atomic E-state index is 0.0626. The van der Waals surface area contributed by atoms with Crippen LogP contribution >= 0.6 is 15.9 Å². The van der Waals surface area contributed by atoms with Crippen LogP contribution in [0.3, 0.4) is 0 Å². The van der Waals surface area contributed by atoms with Gasteiger partial charge in [-0.2, -0.15) is 13.2 Å². The summed E-state index contributed by atoms with van der Waals surface area (Å²) in [5.74, 6) is -0.769. The van der Waals surface area contributed by atoms with Crippen LogP contribution in [0.15, 0.2) is 10.5 Å². The molecule has 2 N–H and O–H groups in total. The fourth-order valence-electron chi connectivity index (χ4n) is 1.40. The minimum atomic E-state index is -4.54. The highest BCUT2D eigenvalue weighted by Crippen LogP contribution is 2.39. The summed E-state index contributed by atoms with van der Waals surface area (Å²) in [6, 6.07) is 0.712. The van der Waals surface area contributed by atoms with E-state index in [0.717, 1.165) is 7.11 Å². The summed E-state index contributed by atoms with van der Waals surface area (Å²) < 4.78 is 42.1. The van der Waals surface area contributed by atoms with Gasteiger partial charge in [-0.3, -0.25) is 0 Å². The lowest BCUT2D eigenvalue weighted by molar-refractivity contribution is -0.138. The molecular weight excluding hydrogens is 303 g/mol. The number of ether oxygens (including phenoxy) is 1. The van der Waals surface area contributed by atoms with Crippen LogP contribution in [0.1, 0.15) is 21.5 Å². The molecule has 0 radical (unpaired) electrons. The fourth-order valence-corrected chi connectivity index (χ4v) is 1.94. The molecule has 1 aromatic carbocycles. The molecule has 0 bridgehead atoms. The normalized spacial score (nSPS) is 11.4. The molecular formula is C10H9BrF3NO2. The van der Waals surface area contributed by atoms with Crippen molar-refractivity contribution in [2.75, 3.05) is 12.8 Å². The van der Waals surface area contributed by atoms with Gasteiger partial charge in [-0.05, 0) is 34.5 Å². The number of anilines is 1. The van der Waals surface area contributed by atoms with E-state index in [9.17, 15) is 18.0 Å². The first-order valence-electron chi connectivity index (χ1n) is 4.44. The molecule has 0 aliphatic heterocycles. The van der Waals surface area contributed by atoms with Crippen molar-refractivity contribution in [2.24, 2.45) is 0 Å². The molecule has 94 valence electrons. The molecule has 0 unspecified atom stereocenters. The van der Waals surface area contributed by atoms with E-state index >= 15 is 0 Å². The highest BCUT2D eigenvalue weighted by atomic mass is 79.9. The molecule has 0 saturated carbocycles. The SMILES string of the molecule is COC(=O)c1c(N)cc(C(F)(F)F)c(Br)c1C. The highest BCUT2D eigenvalue weighted by molar-refractivity contribution is 9.10. The molecule has 7 heteroatoms. The number of nitrogens with two attached hydrogens (primary N) is 1. The topological polar surface area (TPSA) is 52.3 Å². The van der Waals surface area contributed by atoms with Crippen LogP contribution in [-0.4, -0.2) is 13.1 Å². The maximum absolute atomic E-state index is 12.6. The maximum Gasteiger partial charge on any atom is 0.417 e. The number of carbonyl (C=O) groups excluding carboxylic acids is 1. The Labute approximate surface area is 104 Å². The van der Waals surface area contributed by atoms with Gasteiger partial charge in [0.05, 0.1) is 18.2 Å². The van der Waals surface area contributed by atoms with Gasteiger partial charge in [0.1, 0.15) is 0 Å². The number of carbonyl (C=O) groups is 1. The molecule has 0 aromatic heterocycles. The zero-order valence-electron chi connectivity index (χ0n) is 8.98. The molecule has 1 aromatic rings. The Morgan fingerprint density at radius 1 is 1.47 bits per heavy atom. The lowest BCUT2D eigenvalue weighted by Crippen LogP contribution is -2.14. The summed E-state index contributed by atoms with van der Waals surface area (Å²) in [5, 5.41) is 0. The van der Waals surface area contributed by atoms with Crippen molar-refractivity contribution in [3.8, 4) is 0 Å². The predicted octanol–water partition coefficient (Wildman–Crippen LogP) is 3.15. The Morgan fingerprint density at radius 2 is 2.00 bits per heavy atom. The van der Waals surface area contributed by atoms with Crippen LogP contribution in [0, 0.1) is 6.92 Å². The smallest absolute Gasteiger partial charge is 0.417 e. The third-order valence-electron chi connectivity index (χ3n) is 2.22. The standard InChI is InChI=1S/C10H9BrF3NO2/c1-4-7(9(16)17-2)6(15)3-5(8(4)11)10(12,13)14/h3H,15H2,1-2H3. The first kappa shape index (κ1) is 13.8. The van der Waals surface area contributed by atoms with Crippen LogP contribution in [0.4, 0.5) is 18.9 Å². The van der Waals surface area contributed by atoms with E-state index in [-0.39, 0.29) is 21.3 Å². The summed E-state index contributed by atoms with van der Waals surface area (Å²) in [5.41, 5.74) is 4.31. The molecule has 0 fully saturated rings. The van der Waals surface area contributed by atoms with Gasteiger partial charge in [-0.15, -0.1) is 0 Å². The summed E-state index contributed by atoms with van der Waals surface area (Å²) in [6.45, 7) is 1.36. The summed E-state index contributed by atoms with van der Waals surface area (Å²) in [4.78, 5) is 11.4. The second-order valence-corrected chi connectivity index (χ2v) is 4.11. The lowest BCUT2D eigenvalue weighted by atomic mass is 10.0. The van der Waals surface area contributed by atoms with Crippen molar-refractivity contribution in [1.82, 2.24) is 0 Å². The molecule has 0 atom stereocenters. The largest absolute Gasteiger partial charge is 0.465 e. The van der Waals surface area contributed by atoms with E-state index in [0.29, 0.717) is 6.07 Å². The van der Waals surface area contributed by atoms with Gasteiger partial charge in [0.25, 0.3) is 0 Å². The molecule has 0 spiro atoms. The quantitative estimate of drug-likeness (QED) is 0.640. The number of hydrogen-bond acceptors (Lipinski definition) is 3. The lowest BCUT2D eigenvalue weighted by Gasteiger charge is -2.15. The van der Waals surface area contributed by atoms with Gasteiger partial charge in [0.15, 0.2) is 0 Å². The summed E-state index contributed by atoms with van der Waals surface area (Å²) in [7, 11) is 1.13. The van der Waals surface area contributed by atoms with Crippen molar-refractivity contribution in [3.05, 3.63) is 27.2 Å². The van der Waals surface area contributed by atoms with E-state index in [4.69, 9.17) is 5.73 Å². The zero-order valence-corrected chi connectivity index (χ0v) is 10.6. The second-order valence-electron chi connectivity index (χ2n) is 3.32. The summed E-state index contributed by atoms with van der Waals surface area (Å²) in [6.07, 6.45) is -4.54. The number of halogens is 4. The Hall–Kier alpha value is -1.24. The third kappa shape index (κ3) is 2.54. The van der Waals surface area contributed by atoms with E-state index in [1.54, 1.807) is 0 Å². The van der Waals surface area contributed by atoms with Crippen LogP contribution in [0.2, 0.25) is 0 Å². The summed E-state index contributed by atoms with van der Waals surface area (Å²) >= 11 is 2.82. The minimum Gasteiger partial charge on any atom is -0.465 e. The molecule has 0 aliphatic carbocycles. The first-order chi connectivity index (χ1) is 7.70. The fraction of sp³-hybridized carbons (Fsp3) is 0.300. The molecule has 0 saturated heterocycles. The van der Waals surface area contributed by atoms with Gasteiger partial charge in [-0.25, -0.2) is 4.79 Å². The number of alkyl halides is 3. The number of hydrogen-bond donors (Lipinski definition) is 1. The van der Waals surface area contributed by atoms with Crippen LogP contribution in [-0.2, 0) is 10.9 Å². The van der Waals surface area contributed by atoms with E-state index in [1.807, 2.05) is 0 Å². The van der Waals surface area contributed by atoms with E-state index in [1.165, 1.54) is 6.92 Å². The van der Waals surface area contributed by atoms with Gasteiger partial charge in [0.2, 0.25) is 0 Å². The predicted molar refractivity (Wildman–Crippen MR) is 59.6 cm³/mol. The third-order valence-corrected chi connectivity index (χ3v) is 3.25. The monoisotopic (exact) mass is 311 g/mol. The van der Waals surface area contributed by atoms with Crippen molar-refractivity contribution in [1.29, 1.82) is 0 Å². The first-order valence-corrected chi connectivity index (χ1v) is 5.23. The Bertz CT molecular complexity index is 472. The average molecular weight is 312 g/mol. The Kier molecular flexibility index (Phi) is 3.71. The van der Waals surface area contributed by atoms with Gasteiger partial charge in [0, 0.05) is 10.2 Å². The Morgan fingerprint density at radius 3 is 2.41 bits per heavy atom. The molecule has 0 amide bonds. The number of esters is 1. The maximum atomic E-state index is 12.6. The molecule has 0 heterocycles. The van der Waals surface area contributed by atoms with Crippen molar-refractivity contribution in [2.45, 2.75) is 13.1 Å². The zero-order chi connectivity index (χ0) is 13.4. The number of methoxy groups -OCH3 is 1. The highest BCUT2D eigenvalue weighted by Gasteiger charge is 2.35. The Balaban J connectivity index is 3.53. The van der Waals surface area contributed by atoms with Crippen LogP contribution in [0.25, 0.3) is 0 Å². The van der Waals surface area contributed by atoms with Gasteiger partial charge >= 0.3 is 12.1 Å². The van der Waals surface area contributed by atoms with Crippen LogP contribution in [0.5, 0.6) is 0 Å². The van der Waals surface area contributed by atoms with E-state index in [2.05, 4.69) is 20.7 Å². The van der Waals surface area contributed by atoms with Crippen molar-refractivity contribution in [3.63, 3.8) is 0 Å². The van der Waals surface area contributed by atoms with E-state index < -0.39 is 17.7 Å². The molecule has 0 aliphatic rings. The number of nitrogen functional groups attached to an aromatic ring is 1. The van der Waals surface area contributed by atoms with Crippen molar-refractivity contribution >= 4 is 27.6 Å². The second kappa shape index (κ2) is 4.56. The van der Waals surface area contributed by atoms with Crippen LogP contribution < -0.4 is 5.73 Å². The molecule has 17 heavy (non-hydrogen) atoms. The molecule has 1 rings (SSSR count). The number of benzene rings is 1. The number of rotatable bonds is 1. The average Bonchev–Trinajstić information content (AvgIpc) is 2.21.